The van der Waals surface area contributed by atoms with E-state index in [1.807, 2.05) is 97.1 Å². The van der Waals surface area contributed by atoms with E-state index < -0.39 is 9.84 Å². The highest BCUT2D eigenvalue weighted by molar-refractivity contribution is 7.91. The third-order valence-electron chi connectivity index (χ3n) is 7.58. The van der Waals surface area contributed by atoms with E-state index >= 15 is 0 Å². The van der Waals surface area contributed by atoms with Gasteiger partial charge in [0.1, 0.15) is 0 Å². The fourth-order valence-corrected chi connectivity index (χ4v) is 6.81. The molecule has 0 spiro atoms. The molecule has 0 aromatic heterocycles. The molecule has 3 heteroatoms. The van der Waals surface area contributed by atoms with Crippen molar-refractivity contribution in [1.29, 1.82) is 0 Å². The lowest BCUT2D eigenvalue weighted by molar-refractivity contribution is 0.596. The molecule has 0 amide bonds. The van der Waals surface area contributed by atoms with Gasteiger partial charge in [-0.3, -0.25) is 0 Å². The van der Waals surface area contributed by atoms with Gasteiger partial charge in [0.15, 0.2) is 0 Å². The summed E-state index contributed by atoms with van der Waals surface area (Å²) in [5.74, 6) is 0.0303. The second kappa shape index (κ2) is 11.8. The van der Waals surface area contributed by atoms with Gasteiger partial charge >= 0.3 is 0 Å². The maximum absolute atomic E-state index is 13.7. The fourth-order valence-electron chi connectivity index (χ4n) is 5.55. The topological polar surface area (TPSA) is 34.1 Å². The second-order valence-corrected chi connectivity index (χ2v) is 12.1. The molecule has 0 atom stereocenters. The van der Waals surface area contributed by atoms with Crippen LogP contribution in [0.25, 0.3) is 0 Å². The van der Waals surface area contributed by atoms with Crippen molar-refractivity contribution in [2.45, 2.75) is 21.6 Å². The van der Waals surface area contributed by atoms with Crippen molar-refractivity contribution >= 4 is 9.84 Å². The zero-order valence-corrected chi connectivity index (χ0v) is 23.4. The molecule has 0 unspecified atom stereocenters. The minimum absolute atomic E-state index is 0.0151. The maximum Gasteiger partial charge on any atom is 0.206 e. The third-order valence-corrected chi connectivity index (χ3v) is 9.36. The molecule has 2 nitrogen and oxygen atoms in total. The van der Waals surface area contributed by atoms with Crippen LogP contribution in [0.3, 0.4) is 0 Å². The Labute approximate surface area is 242 Å². The number of sulfone groups is 1. The number of rotatable bonds is 8. The Morgan fingerprint density at radius 3 is 0.756 bits per heavy atom. The Balaban J connectivity index is 1.31. The zero-order chi connectivity index (χ0) is 28.1. The van der Waals surface area contributed by atoms with Gasteiger partial charge in [0, 0.05) is 11.8 Å². The van der Waals surface area contributed by atoms with Crippen molar-refractivity contribution in [2.75, 3.05) is 0 Å². The van der Waals surface area contributed by atoms with E-state index in [4.69, 9.17) is 0 Å². The van der Waals surface area contributed by atoms with Gasteiger partial charge in [0.05, 0.1) is 9.79 Å². The minimum Gasteiger partial charge on any atom is -0.219 e. The van der Waals surface area contributed by atoms with E-state index in [1.54, 1.807) is 24.3 Å². The molecular weight excluding hydrogens is 520 g/mol. The van der Waals surface area contributed by atoms with E-state index in [1.165, 1.54) is 0 Å². The molecule has 0 radical (unpaired) electrons. The highest BCUT2D eigenvalue weighted by Gasteiger charge is 2.22. The van der Waals surface area contributed by atoms with Crippen molar-refractivity contribution in [2.24, 2.45) is 0 Å². The minimum atomic E-state index is -3.68. The van der Waals surface area contributed by atoms with Gasteiger partial charge in [-0.2, -0.15) is 0 Å². The Morgan fingerprint density at radius 1 is 0.293 bits per heavy atom. The molecule has 0 heterocycles. The van der Waals surface area contributed by atoms with Crippen LogP contribution in [0, 0.1) is 0 Å². The van der Waals surface area contributed by atoms with Gasteiger partial charge in [-0.05, 0) is 57.6 Å². The first-order valence-electron chi connectivity index (χ1n) is 13.8. The predicted molar refractivity (Wildman–Crippen MR) is 166 cm³/mol. The number of benzene rings is 6. The highest BCUT2D eigenvalue weighted by Crippen LogP contribution is 2.35. The highest BCUT2D eigenvalue weighted by atomic mass is 32.2. The smallest absolute Gasteiger partial charge is 0.206 e. The van der Waals surface area contributed by atoms with Crippen LogP contribution < -0.4 is 0 Å². The molecule has 0 aliphatic heterocycles. The zero-order valence-electron chi connectivity index (χ0n) is 22.5. The third kappa shape index (κ3) is 5.63. The molecule has 0 saturated carbocycles. The molecule has 41 heavy (non-hydrogen) atoms. The first-order valence-corrected chi connectivity index (χ1v) is 15.2. The molecule has 0 fully saturated rings. The van der Waals surface area contributed by atoms with Crippen LogP contribution in [0.5, 0.6) is 0 Å². The largest absolute Gasteiger partial charge is 0.219 e. The van der Waals surface area contributed by atoms with Crippen molar-refractivity contribution in [3.05, 3.63) is 203 Å². The lowest BCUT2D eigenvalue weighted by Gasteiger charge is -2.20. The van der Waals surface area contributed by atoms with Crippen LogP contribution in [-0.2, 0) is 9.84 Å². The molecule has 0 N–H and O–H groups in total. The van der Waals surface area contributed by atoms with Gasteiger partial charge < -0.3 is 0 Å². The average Bonchev–Trinajstić information content (AvgIpc) is 3.04. The van der Waals surface area contributed by atoms with Gasteiger partial charge in [-0.1, -0.05) is 146 Å². The Kier molecular flexibility index (Phi) is 7.62. The normalized spacial score (nSPS) is 11.6. The summed E-state index contributed by atoms with van der Waals surface area (Å²) < 4.78 is 27.4. The first-order chi connectivity index (χ1) is 20.1. The summed E-state index contributed by atoms with van der Waals surface area (Å²) in [6.07, 6.45) is 0. The van der Waals surface area contributed by atoms with Gasteiger partial charge in [-0.15, -0.1) is 0 Å². The molecule has 0 bridgehead atoms. The summed E-state index contributed by atoms with van der Waals surface area (Å²) >= 11 is 0. The van der Waals surface area contributed by atoms with Crippen LogP contribution >= 0.6 is 0 Å². The standard InChI is InChI=1S/C38H30O2S/c39-41(40,35-25-21-33(22-26-35)37(29-13-5-1-6-14-29)30-15-7-2-8-16-30)36-27-23-34(24-28-36)38(31-17-9-3-10-18-31)32-19-11-4-12-20-32/h1-28,37-38H. The second-order valence-electron chi connectivity index (χ2n) is 10.2. The van der Waals surface area contributed by atoms with Crippen molar-refractivity contribution in [3.63, 3.8) is 0 Å². The molecule has 0 aliphatic carbocycles. The first kappa shape index (κ1) is 26.5. The Bertz CT molecular complexity index is 1590. The monoisotopic (exact) mass is 550 g/mol. The van der Waals surface area contributed by atoms with Crippen molar-refractivity contribution in [3.8, 4) is 0 Å². The molecular formula is C38H30O2S. The van der Waals surface area contributed by atoms with E-state index in [2.05, 4.69) is 48.5 Å². The van der Waals surface area contributed by atoms with Crippen LogP contribution in [0.1, 0.15) is 45.2 Å². The molecule has 6 aromatic rings. The molecule has 0 saturated heterocycles. The molecule has 0 aliphatic rings. The molecule has 6 aromatic carbocycles. The summed E-state index contributed by atoms with van der Waals surface area (Å²) in [6, 6.07) is 55.9. The quantitative estimate of drug-likeness (QED) is 0.177. The summed E-state index contributed by atoms with van der Waals surface area (Å²) in [5, 5.41) is 0. The maximum atomic E-state index is 13.7. The Morgan fingerprint density at radius 2 is 0.512 bits per heavy atom. The van der Waals surface area contributed by atoms with Gasteiger partial charge in [-0.25, -0.2) is 8.42 Å². The van der Waals surface area contributed by atoms with Crippen LogP contribution in [0.2, 0.25) is 0 Å². The SMILES string of the molecule is O=S(=O)(c1ccc(C(c2ccccc2)c2ccccc2)cc1)c1ccc(C(c2ccccc2)c2ccccc2)cc1. The van der Waals surface area contributed by atoms with Crippen LogP contribution in [0.4, 0.5) is 0 Å². The van der Waals surface area contributed by atoms with E-state index in [0.29, 0.717) is 0 Å². The van der Waals surface area contributed by atoms with Crippen molar-refractivity contribution in [1.82, 2.24) is 0 Å². The van der Waals surface area contributed by atoms with E-state index in [9.17, 15) is 8.42 Å². The number of hydrogen-bond acceptors (Lipinski definition) is 2. The lowest BCUT2D eigenvalue weighted by atomic mass is 9.85. The summed E-state index contributed by atoms with van der Waals surface area (Å²) in [7, 11) is -3.68. The lowest BCUT2D eigenvalue weighted by Crippen LogP contribution is -2.07. The number of hydrogen-bond donors (Lipinski definition) is 0. The van der Waals surface area contributed by atoms with E-state index in [-0.39, 0.29) is 21.6 Å². The fraction of sp³-hybridized carbons (Fsp3) is 0.0526. The summed E-state index contributed by atoms with van der Waals surface area (Å²) in [6.45, 7) is 0. The summed E-state index contributed by atoms with van der Waals surface area (Å²) in [4.78, 5) is 0.577. The molecule has 6 rings (SSSR count). The predicted octanol–water partition coefficient (Wildman–Crippen LogP) is 8.88. The van der Waals surface area contributed by atoms with Crippen LogP contribution in [-0.4, -0.2) is 8.42 Å². The Hall–Kier alpha value is -4.73. The average molecular weight is 551 g/mol. The van der Waals surface area contributed by atoms with E-state index in [0.717, 1.165) is 33.4 Å². The van der Waals surface area contributed by atoms with Gasteiger partial charge in [0.25, 0.3) is 0 Å². The molecule has 200 valence electrons. The van der Waals surface area contributed by atoms with Crippen LogP contribution in [0.15, 0.2) is 180 Å². The summed E-state index contributed by atoms with van der Waals surface area (Å²) in [5.41, 5.74) is 6.75. The van der Waals surface area contributed by atoms with Gasteiger partial charge in [0.2, 0.25) is 9.84 Å². The van der Waals surface area contributed by atoms with Crippen molar-refractivity contribution < 1.29 is 8.42 Å².